The van der Waals surface area contributed by atoms with Gasteiger partial charge in [-0.2, -0.15) is 0 Å². The number of likely N-dealkylation sites (N-methyl/N-ethyl adjacent to an activating group) is 2. The topological polar surface area (TPSA) is 181 Å². The highest BCUT2D eigenvalue weighted by Crippen LogP contribution is 2.31. The normalized spacial score (nSPS) is 17.6. The maximum atomic E-state index is 14.6. The Labute approximate surface area is 404 Å². The van der Waals surface area contributed by atoms with Gasteiger partial charge in [-0.3, -0.25) is 24.0 Å². The number of nitrogens with one attached hydrogen (secondary N) is 3. The molecule has 1 aliphatic heterocycles. The third-order valence-electron chi connectivity index (χ3n) is 13.1. The third-order valence-corrected chi connectivity index (χ3v) is 14.0. The number of amides is 5. The number of hydrogen-bond donors (Lipinski definition) is 3. The fourth-order valence-corrected chi connectivity index (χ4v) is 9.82. The van der Waals surface area contributed by atoms with Crippen molar-refractivity contribution in [2.45, 2.75) is 136 Å². The Morgan fingerprint density at radius 2 is 1.57 bits per heavy atom. The van der Waals surface area contributed by atoms with Crippen molar-refractivity contribution in [3.63, 3.8) is 0 Å². The summed E-state index contributed by atoms with van der Waals surface area (Å²) in [7, 11) is 8.35. The third kappa shape index (κ3) is 17.2. The van der Waals surface area contributed by atoms with Gasteiger partial charge in [0.25, 0.3) is 0 Å². The van der Waals surface area contributed by atoms with Gasteiger partial charge in [-0.1, -0.05) is 85.2 Å². The van der Waals surface area contributed by atoms with Gasteiger partial charge >= 0.3 is 0 Å². The van der Waals surface area contributed by atoms with E-state index in [9.17, 15) is 24.0 Å². The lowest BCUT2D eigenvalue weighted by Gasteiger charge is -2.41. The van der Waals surface area contributed by atoms with Crippen LogP contribution in [0.15, 0.2) is 41.9 Å². The highest BCUT2D eigenvalue weighted by molar-refractivity contribution is 7.09. The average molecular weight is 958 g/mol. The quantitative estimate of drug-likeness (QED) is 0.0855. The van der Waals surface area contributed by atoms with Crippen molar-refractivity contribution in [3.05, 3.63) is 52.5 Å². The van der Waals surface area contributed by atoms with E-state index in [2.05, 4.69) is 20.9 Å². The Hall–Kier alpha value is -4.00. The van der Waals surface area contributed by atoms with Crippen LogP contribution in [0.1, 0.15) is 104 Å². The van der Waals surface area contributed by atoms with E-state index >= 15 is 0 Å². The molecular weight excluding hydrogens is 875 g/mol. The molecule has 0 aliphatic carbocycles. The monoisotopic (exact) mass is 958 g/mol. The van der Waals surface area contributed by atoms with Crippen molar-refractivity contribution in [1.29, 1.82) is 0 Å². The van der Waals surface area contributed by atoms with Crippen LogP contribution in [0.2, 0.25) is 0 Å². The van der Waals surface area contributed by atoms with Crippen LogP contribution in [-0.2, 0) is 49.3 Å². The second kappa shape index (κ2) is 29.8. The zero-order valence-electron chi connectivity index (χ0n) is 42.5. The van der Waals surface area contributed by atoms with Gasteiger partial charge in [0.2, 0.25) is 29.5 Å². The van der Waals surface area contributed by atoms with Crippen LogP contribution in [0.4, 0.5) is 0 Å². The molecule has 3 rings (SSSR count). The van der Waals surface area contributed by atoms with Gasteiger partial charge in [0, 0.05) is 53.0 Å². The van der Waals surface area contributed by atoms with Crippen LogP contribution >= 0.6 is 11.3 Å². The molecule has 9 atom stereocenters. The fourth-order valence-electron chi connectivity index (χ4n) is 9.13. The molecule has 2 heterocycles. The van der Waals surface area contributed by atoms with Crippen LogP contribution in [0.5, 0.6) is 0 Å². The summed E-state index contributed by atoms with van der Waals surface area (Å²) in [5.74, 6) is -2.53. The molecule has 5 amide bonds. The van der Waals surface area contributed by atoms with Gasteiger partial charge < -0.3 is 49.6 Å². The molecule has 0 radical (unpaired) electrons. The average Bonchev–Trinajstić information content (AvgIpc) is 4.04. The summed E-state index contributed by atoms with van der Waals surface area (Å²) < 4.78 is 23.3. The summed E-state index contributed by atoms with van der Waals surface area (Å²) >= 11 is 1.49. The summed E-state index contributed by atoms with van der Waals surface area (Å²) in [6, 6.07) is 7.02. The maximum Gasteiger partial charge on any atom is 0.245 e. The number of methoxy groups -OCH3 is 2. The molecule has 0 bridgehead atoms. The number of aromatic nitrogens is 1. The number of carbonyl (C=O) groups excluding carboxylic acids is 5. The minimum Gasteiger partial charge on any atom is -0.379 e. The predicted octanol–water partition coefficient (Wildman–Crippen LogP) is 5.12. The zero-order valence-corrected chi connectivity index (χ0v) is 43.3. The van der Waals surface area contributed by atoms with Gasteiger partial charge in [0.15, 0.2) is 0 Å². The number of benzene rings is 1. The van der Waals surface area contributed by atoms with Gasteiger partial charge in [-0.15, -0.1) is 11.3 Å². The summed E-state index contributed by atoms with van der Waals surface area (Å²) in [6.07, 6.45) is 4.16. The number of rotatable bonds is 31. The molecule has 16 nitrogen and oxygen atoms in total. The molecule has 1 fully saturated rings. The molecule has 2 aromatic rings. The Kier molecular flexibility index (Phi) is 25.5. The Balaban J connectivity index is 1.71. The molecule has 1 aromatic carbocycles. The number of hydrogen-bond acceptors (Lipinski definition) is 12. The molecule has 67 heavy (non-hydrogen) atoms. The maximum absolute atomic E-state index is 14.6. The number of carbonyl (C=O) groups is 5. The highest BCUT2D eigenvalue weighted by Gasteiger charge is 2.43. The molecule has 0 spiro atoms. The Bertz CT molecular complexity index is 1770. The fraction of sp³-hybridized carbons (Fsp3) is 0.720. The van der Waals surface area contributed by atoms with E-state index in [4.69, 9.17) is 18.9 Å². The minimum absolute atomic E-state index is 0.00567. The lowest BCUT2D eigenvalue weighted by Crippen LogP contribution is -2.60. The predicted molar refractivity (Wildman–Crippen MR) is 262 cm³/mol. The Morgan fingerprint density at radius 1 is 0.881 bits per heavy atom. The lowest BCUT2D eigenvalue weighted by atomic mass is 9.89. The summed E-state index contributed by atoms with van der Waals surface area (Å²) in [5.41, 5.74) is 1.08. The first-order valence-corrected chi connectivity index (χ1v) is 25.1. The second-order valence-corrected chi connectivity index (χ2v) is 19.5. The van der Waals surface area contributed by atoms with Crippen molar-refractivity contribution in [2.24, 2.45) is 23.7 Å². The molecule has 1 aliphatic rings. The van der Waals surface area contributed by atoms with Crippen molar-refractivity contribution < 1.29 is 42.9 Å². The van der Waals surface area contributed by atoms with Crippen LogP contribution in [0, 0.1) is 23.7 Å². The van der Waals surface area contributed by atoms with Gasteiger partial charge in [0.05, 0.1) is 68.9 Å². The first kappa shape index (κ1) is 57.3. The van der Waals surface area contributed by atoms with Crippen LogP contribution < -0.4 is 16.0 Å². The standard InChI is InChI=1S/C50H83N7O9S/c1-13-35(6)45(56(10)50(62)43(33(2)3)54-48(61)44(34(4)5)55(9)41(58)22-27-66-29-28-65-26-18-23-51-8)40(63-11)32-42(59)57-25-17-21-39(57)46(64-12)36(7)47(60)53-38(49-52-24-30-67-49)31-37-19-15-14-16-20-37/h14-16,19-20,24,30,33-36,38-40,43-46,51H,13,17-18,21-23,25-29,31-32H2,1-12H3,(H,53,60)(H,54,61)/t35-,36+,38-,39-,40+,43-,44-,45-,46+/m0/s1. The van der Waals surface area contributed by atoms with E-state index in [0.29, 0.717) is 45.6 Å². The van der Waals surface area contributed by atoms with Crippen molar-refractivity contribution >= 4 is 40.9 Å². The SMILES string of the molecule is CC[C@H](C)[C@@H]([C@@H](CC(=O)N1CCC[C@H]1[C@H](OC)[C@@H](C)C(=O)N[C@@H](Cc1ccccc1)c1nccs1)OC)N(C)C(=O)[C@@H](NC(=O)[C@H](C(C)C)N(C)C(=O)CCOCCOCCCNC)C(C)C. The molecular formula is C50H83N7O9S. The van der Waals surface area contributed by atoms with Gasteiger partial charge in [-0.05, 0) is 62.6 Å². The molecule has 1 aromatic heterocycles. The minimum atomic E-state index is -0.917. The summed E-state index contributed by atoms with van der Waals surface area (Å²) in [4.78, 5) is 79.9. The molecule has 17 heteroatoms. The highest BCUT2D eigenvalue weighted by atomic mass is 32.1. The van der Waals surface area contributed by atoms with E-state index in [1.807, 2.05) is 96.1 Å². The van der Waals surface area contributed by atoms with E-state index < -0.39 is 42.2 Å². The number of thiazole rings is 1. The van der Waals surface area contributed by atoms with E-state index in [1.54, 1.807) is 39.4 Å². The lowest BCUT2D eigenvalue weighted by molar-refractivity contribution is -0.148. The second-order valence-electron chi connectivity index (χ2n) is 18.6. The van der Waals surface area contributed by atoms with Crippen molar-refractivity contribution in [3.8, 4) is 0 Å². The van der Waals surface area contributed by atoms with E-state index in [1.165, 1.54) is 16.2 Å². The number of ether oxygens (including phenoxy) is 4. The van der Waals surface area contributed by atoms with E-state index in [-0.39, 0.29) is 72.9 Å². The molecule has 3 N–H and O–H groups in total. The first-order chi connectivity index (χ1) is 32.0. The van der Waals surface area contributed by atoms with Gasteiger partial charge in [-0.25, -0.2) is 4.98 Å². The first-order valence-electron chi connectivity index (χ1n) is 24.2. The van der Waals surface area contributed by atoms with Crippen LogP contribution in [0.25, 0.3) is 0 Å². The number of likely N-dealkylation sites (tertiary alicyclic amines) is 1. The molecule has 0 unspecified atom stereocenters. The van der Waals surface area contributed by atoms with Crippen LogP contribution in [0.3, 0.4) is 0 Å². The van der Waals surface area contributed by atoms with Crippen LogP contribution in [-0.4, -0.2) is 160 Å². The number of nitrogens with zero attached hydrogens (tertiary/aromatic N) is 4. The van der Waals surface area contributed by atoms with Gasteiger partial charge in [0.1, 0.15) is 17.1 Å². The molecule has 1 saturated heterocycles. The zero-order chi connectivity index (χ0) is 49.6. The summed E-state index contributed by atoms with van der Waals surface area (Å²) in [5, 5.41) is 12.0. The summed E-state index contributed by atoms with van der Waals surface area (Å²) in [6.45, 7) is 16.4. The van der Waals surface area contributed by atoms with Crippen molar-refractivity contribution in [1.82, 2.24) is 35.6 Å². The smallest absolute Gasteiger partial charge is 0.245 e. The van der Waals surface area contributed by atoms with E-state index in [0.717, 1.165) is 30.0 Å². The molecule has 0 saturated carbocycles. The van der Waals surface area contributed by atoms with Crippen molar-refractivity contribution in [2.75, 3.05) is 74.9 Å². The Morgan fingerprint density at radius 3 is 2.15 bits per heavy atom. The largest absolute Gasteiger partial charge is 0.379 e. The molecule has 378 valence electrons.